The van der Waals surface area contributed by atoms with E-state index in [2.05, 4.69) is 62.4 Å². The first-order valence-corrected chi connectivity index (χ1v) is 9.98. The minimum atomic E-state index is -0.618. The zero-order valence-electron chi connectivity index (χ0n) is 15.1. The summed E-state index contributed by atoms with van der Waals surface area (Å²) in [6.07, 6.45) is 3.93. The van der Waals surface area contributed by atoms with E-state index >= 15 is 0 Å². The van der Waals surface area contributed by atoms with Gasteiger partial charge < -0.3 is 20.5 Å². The van der Waals surface area contributed by atoms with E-state index < -0.39 is 12.2 Å². The molecule has 10 heteroatoms. The molecule has 0 aliphatic rings. The molecule has 0 saturated carbocycles. The summed E-state index contributed by atoms with van der Waals surface area (Å²) in [4.78, 5) is 16.9. The van der Waals surface area contributed by atoms with Crippen molar-refractivity contribution in [3.8, 4) is 5.88 Å². The lowest BCUT2D eigenvalue weighted by Gasteiger charge is -2.17. The number of ether oxygens (including phenoxy) is 1. The van der Waals surface area contributed by atoms with E-state index in [-0.39, 0.29) is 0 Å². The smallest absolute Gasteiger partial charge is 0.233 e. The maximum absolute atomic E-state index is 9.61. The number of aromatic nitrogens is 4. The molecule has 3 N–H and O–H groups in total. The van der Waals surface area contributed by atoms with Crippen molar-refractivity contribution in [2.45, 2.75) is 26.1 Å². The summed E-state index contributed by atoms with van der Waals surface area (Å²) in [6.45, 7) is 3.43. The fourth-order valence-corrected chi connectivity index (χ4v) is 2.53. The lowest BCUT2D eigenvalue weighted by atomic mass is 10.3. The standard InChI is InChI=1S/C18H18Br2N6O2/c1-10(27)11(2)28-16-15(20)9-23-18(26-16)25-14-5-3-13(4-6-14)24-17-21-7-12(19)8-22-17/h3-11,27H,1-2H3,(H,21,22,24)(H,23,25,26)/t10-,11-/m1/s1. The third-order valence-corrected chi connectivity index (χ3v) is 4.66. The normalized spacial score (nSPS) is 12.9. The largest absolute Gasteiger partial charge is 0.471 e. The summed E-state index contributed by atoms with van der Waals surface area (Å²) in [5, 5.41) is 15.8. The highest BCUT2D eigenvalue weighted by Crippen LogP contribution is 2.26. The minimum absolute atomic E-state index is 0.358. The van der Waals surface area contributed by atoms with E-state index in [0.29, 0.717) is 22.2 Å². The Morgan fingerprint density at radius 1 is 0.893 bits per heavy atom. The molecule has 0 amide bonds. The predicted octanol–water partition coefficient (Wildman–Crippen LogP) is 4.43. The van der Waals surface area contributed by atoms with Crippen molar-refractivity contribution in [3.63, 3.8) is 0 Å². The highest BCUT2D eigenvalue weighted by atomic mass is 79.9. The Morgan fingerprint density at radius 2 is 1.43 bits per heavy atom. The van der Waals surface area contributed by atoms with Gasteiger partial charge in [-0.05, 0) is 70.0 Å². The van der Waals surface area contributed by atoms with Crippen molar-refractivity contribution >= 4 is 55.1 Å². The number of anilines is 4. The van der Waals surface area contributed by atoms with Crippen LogP contribution in [0.2, 0.25) is 0 Å². The van der Waals surface area contributed by atoms with Crippen molar-refractivity contribution in [1.82, 2.24) is 19.9 Å². The summed E-state index contributed by atoms with van der Waals surface area (Å²) in [5.41, 5.74) is 1.65. The van der Waals surface area contributed by atoms with Gasteiger partial charge in [-0.25, -0.2) is 15.0 Å². The second kappa shape index (κ2) is 9.26. The lowest BCUT2D eigenvalue weighted by Crippen LogP contribution is -2.26. The molecule has 1 aromatic carbocycles. The van der Waals surface area contributed by atoms with Crippen molar-refractivity contribution in [3.05, 3.63) is 51.8 Å². The third-order valence-electron chi connectivity index (χ3n) is 3.71. The van der Waals surface area contributed by atoms with Crippen LogP contribution in [0, 0.1) is 0 Å². The van der Waals surface area contributed by atoms with Gasteiger partial charge in [-0.15, -0.1) is 0 Å². The van der Waals surface area contributed by atoms with Gasteiger partial charge in [0.15, 0.2) is 0 Å². The number of hydrogen-bond acceptors (Lipinski definition) is 8. The van der Waals surface area contributed by atoms with E-state index in [4.69, 9.17) is 4.74 Å². The summed E-state index contributed by atoms with van der Waals surface area (Å²) in [7, 11) is 0. The monoisotopic (exact) mass is 508 g/mol. The summed E-state index contributed by atoms with van der Waals surface area (Å²) >= 11 is 6.66. The van der Waals surface area contributed by atoms with Gasteiger partial charge in [0.2, 0.25) is 17.8 Å². The van der Waals surface area contributed by atoms with Gasteiger partial charge in [-0.3, -0.25) is 0 Å². The van der Waals surface area contributed by atoms with Crippen molar-refractivity contribution in [2.24, 2.45) is 0 Å². The molecule has 8 nitrogen and oxygen atoms in total. The molecule has 0 spiro atoms. The summed E-state index contributed by atoms with van der Waals surface area (Å²) in [5.74, 6) is 1.25. The van der Waals surface area contributed by atoms with Crippen LogP contribution in [0.1, 0.15) is 13.8 Å². The second-order valence-corrected chi connectivity index (χ2v) is 7.73. The van der Waals surface area contributed by atoms with Gasteiger partial charge >= 0.3 is 0 Å². The van der Waals surface area contributed by atoms with Crippen LogP contribution in [-0.4, -0.2) is 37.3 Å². The first-order valence-electron chi connectivity index (χ1n) is 8.39. The Labute approximate surface area is 179 Å². The molecular weight excluding hydrogens is 492 g/mol. The number of aliphatic hydroxyl groups is 1. The molecule has 0 unspecified atom stereocenters. The van der Waals surface area contributed by atoms with Crippen LogP contribution in [0.15, 0.2) is 51.8 Å². The molecule has 3 aromatic rings. The minimum Gasteiger partial charge on any atom is -0.471 e. The van der Waals surface area contributed by atoms with Crippen LogP contribution in [0.4, 0.5) is 23.3 Å². The van der Waals surface area contributed by atoms with E-state index in [1.165, 1.54) is 0 Å². The SMILES string of the molecule is C[C@@H](O)[C@@H](C)Oc1nc(Nc2ccc(Nc3ncc(Br)cn3)cc2)ncc1Br. The molecule has 0 bridgehead atoms. The molecule has 0 saturated heterocycles. The predicted molar refractivity (Wildman–Crippen MR) is 114 cm³/mol. The first-order chi connectivity index (χ1) is 13.4. The molecule has 28 heavy (non-hydrogen) atoms. The van der Waals surface area contributed by atoms with Crippen molar-refractivity contribution < 1.29 is 9.84 Å². The summed E-state index contributed by atoms with van der Waals surface area (Å²) in [6, 6.07) is 7.54. The van der Waals surface area contributed by atoms with E-state index in [0.717, 1.165) is 15.8 Å². The lowest BCUT2D eigenvalue weighted by molar-refractivity contribution is 0.0569. The van der Waals surface area contributed by atoms with Gasteiger partial charge in [0, 0.05) is 23.8 Å². The van der Waals surface area contributed by atoms with E-state index in [1.54, 1.807) is 32.4 Å². The van der Waals surface area contributed by atoms with Gasteiger partial charge in [-0.2, -0.15) is 4.98 Å². The number of nitrogens with zero attached hydrogens (tertiary/aromatic N) is 4. The van der Waals surface area contributed by atoms with Gasteiger partial charge in [0.05, 0.1) is 21.2 Å². The Kier molecular flexibility index (Phi) is 6.76. The third kappa shape index (κ3) is 5.60. The molecular formula is C18H18Br2N6O2. The van der Waals surface area contributed by atoms with Crippen LogP contribution in [-0.2, 0) is 0 Å². The Bertz CT molecular complexity index is 922. The average molecular weight is 510 g/mol. The number of aliphatic hydroxyl groups excluding tert-OH is 1. The number of benzene rings is 1. The molecule has 2 heterocycles. The highest BCUT2D eigenvalue weighted by Gasteiger charge is 2.14. The Hall–Kier alpha value is -2.30. The molecule has 0 fully saturated rings. The molecule has 0 radical (unpaired) electrons. The quantitative estimate of drug-likeness (QED) is 0.429. The van der Waals surface area contributed by atoms with E-state index in [9.17, 15) is 5.11 Å². The Morgan fingerprint density at radius 3 is 2.00 bits per heavy atom. The van der Waals surface area contributed by atoms with Crippen LogP contribution < -0.4 is 15.4 Å². The molecule has 2 atom stereocenters. The Balaban J connectivity index is 1.67. The van der Waals surface area contributed by atoms with Gasteiger partial charge in [-0.1, -0.05) is 0 Å². The van der Waals surface area contributed by atoms with Crippen molar-refractivity contribution in [2.75, 3.05) is 10.6 Å². The maximum Gasteiger partial charge on any atom is 0.233 e. The fourth-order valence-electron chi connectivity index (χ4n) is 2.04. The van der Waals surface area contributed by atoms with Crippen LogP contribution in [0.5, 0.6) is 5.88 Å². The maximum atomic E-state index is 9.61. The number of rotatable bonds is 7. The zero-order chi connectivity index (χ0) is 20.1. The summed E-state index contributed by atoms with van der Waals surface area (Å²) < 4.78 is 7.09. The van der Waals surface area contributed by atoms with Crippen LogP contribution >= 0.6 is 31.9 Å². The van der Waals surface area contributed by atoms with Gasteiger partial charge in [0.25, 0.3) is 0 Å². The van der Waals surface area contributed by atoms with Gasteiger partial charge in [0.1, 0.15) is 6.10 Å². The zero-order valence-corrected chi connectivity index (χ0v) is 18.3. The second-order valence-electron chi connectivity index (χ2n) is 5.96. The average Bonchev–Trinajstić information content (AvgIpc) is 2.67. The molecule has 3 rings (SSSR count). The number of hydrogen-bond donors (Lipinski definition) is 3. The fraction of sp³-hybridized carbons (Fsp3) is 0.222. The topological polar surface area (TPSA) is 105 Å². The number of nitrogens with one attached hydrogen (secondary N) is 2. The molecule has 2 aromatic heterocycles. The first kappa shape index (κ1) is 20.4. The molecule has 146 valence electrons. The van der Waals surface area contributed by atoms with Crippen molar-refractivity contribution in [1.29, 1.82) is 0 Å². The van der Waals surface area contributed by atoms with E-state index in [1.807, 2.05) is 24.3 Å². The van der Waals surface area contributed by atoms with Crippen LogP contribution in [0.25, 0.3) is 0 Å². The molecule has 0 aliphatic heterocycles. The number of halogens is 2. The highest BCUT2D eigenvalue weighted by molar-refractivity contribution is 9.10. The molecule has 0 aliphatic carbocycles. The van der Waals surface area contributed by atoms with Crippen LogP contribution in [0.3, 0.4) is 0 Å².